The monoisotopic (exact) mass is 510 g/mol. The van der Waals surface area contributed by atoms with E-state index in [9.17, 15) is 18.0 Å². The van der Waals surface area contributed by atoms with Gasteiger partial charge in [0.05, 0.1) is 18.4 Å². The number of sulfonamides is 1. The third-order valence-corrected chi connectivity index (χ3v) is 6.50. The van der Waals surface area contributed by atoms with Gasteiger partial charge in [0.2, 0.25) is 10.0 Å². The van der Waals surface area contributed by atoms with E-state index < -0.39 is 21.9 Å². The summed E-state index contributed by atoms with van der Waals surface area (Å²) in [6.07, 6.45) is 1.06. The van der Waals surface area contributed by atoms with Crippen molar-refractivity contribution in [3.8, 4) is 21.8 Å². The van der Waals surface area contributed by atoms with E-state index in [1.807, 2.05) is 30.3 Å². The first-order chi connectivity index (χ1) is 16.7. The highest BCUT2D eigenvalue weighted by molar-refractivity contribution is 7.92. The van der Waals surface area contributed by atoms with Crippen LogP contribution in [0.15, 0.2) is 77.2 Å². The lowest BCUT2D eigenvalue weighted by Crippen LogP contribution is -2.13. The van der Waals surface area contributed by atoms with Gasteiger partial charge in [-0.1, -0.05) is 42.5 Å². The fourth-order valence-corrected chi connectivity index (χ4v) is 4.92. The van der Waals surface area contributed by atoms with Crippen molar-refractivity contribution in [2.75, 3.05) is 22.9 Å². The van der Waals surface area contributed by atoms with Crippen LogP contribution in [0.3, 0.4) is 0 Å². The Morgan fingerprint density at radius 2 is 1.71 bits per heavy atom. The second kappa shape index (κ2) is 10.2. The fourth-order valence-electron chi connectivity index (χ4n) is 3.32. The molecule has 35 heavy (non-hydrogen) atoms. The number of rotatable bonds is 8. The summed E-state index contributed by atoms with van der Waals surface area (Å²) in [6, 6.07) is 21.0. The molecule has 2 aromatic heterocycles. The number of carbonyl (C=O) groups is 2. The van der Waals surface area contributed by atoms with Crippen LogP contribution in [0.2, 0.25) is 0 Å². The van der Waals surface area contributed by atoms with E-state index >= 15 is 0 Å². The lowest BCUT2D eigenvalue weighted by molar-refractivity contribution is 0.0528. The smallest absolute Gasteiger partial charge is 0.341 e. The van der Waals surface area contributed by atoms with Crippen LogP contribution in [-0.4, -0.2) is 33.2 Å². The molecule has 0 spiro atoms. The Morgan fingerprint density at radius 3 is 2.43 bits per heavy atom. The molecule has 0 atom stereocenters. The standard InChI is InChI=1S/C25H22N2O6S2/c1-3-32-25(29)19-15-22(16-8-5-4-6-9-16)34-24(19)26-23(28)21-13-12-20(33-21)17-10-7-11-18(14-17)27-35(2,30)31/h4-15,27H,3H2,1-2H3,(H,26,28). The number of benzene rings is 2. The average Bonchev–Trinajstić information content (AvgIpc) is 3.47. The summed E-state index contributed by atoms with van der Waals surface area (Å²) in [5.74, 6) is -0.648. The minimum Gasteiger partial charge on any atom is -0.462 e. The van der Waals surface area contributed by atoms with Crippen LogP contribution in [0.4, 0.5) is 10.7 Å². The van der Waals surface area contributed by atoms with Gasteiger partial charge in [-0.3, -0.25) is 9.52 Å². The molecule has 4 aromatic rings. The fraction of sp³-hybridized carbons (Fsp3) is 0.120. The van der Waals surface area contributed by atoms with Gasteiger partial charge in [0.25, 0.3) is 5.91 Å². The van der Waals surface area contributed by atoms with Gasteiger partial charge in [-0.15, -0.1) is 11.3 Å². The van der Waals surface area contributed by atoms with Gasteiger partial charge < -0.3 is 14.5 Å². The Labute approximate surface area is 206 Å². The molecule has 0 saturated carbocycles. The molecule has 0 aliphatic carbocycles. The predicted octanol–water partition coefficient (Wildman–Crippen LogP) is 5.48. The maximum atomic E-state index is 12.9. The van der Waals surface area contributed by atoms with Gasteiger partial charge >= 0.3 is 5.97 Å². The van der Waals surface area contributed by atoms with Crippen molar-refractivity contribution in [1.82, 2.24) is 0 Å². The highest BCUT2D eigenvalue weighted by Crippen LogP contribution is 2.36. The van der Waals surface area contributed by atoms with Gasteiger partial charge in [-0.05, 0) is 42.8 Å². The molecule has 1 amide bonds. The third kappa shape index (κ3) is 5.97. The molecule has 10 heteroatoms. The molecule has 0 aliphatic heterocycles. The summed E-state index contributed by atoms with van der Waals surface area (Å²) in [6.45, 7) is 1.92. The molecule has 0 unspecified atom stereocenters. The summed E-state index contributed by atoms with van der Waals surface area (Å²) in [7, 11) is -3.43. The molecule has 8 nitrogen and oxygen atoms in total. The lowest BCUT2D eigenvalue weighted by atomic mass is 10.1. The molecule has 0 saturated heterocycles. The van der Waals surface area contributed by atoms with Crippen LogP contribution in [-0.2, 0) is 14.8 Å². The Morgan fingerprint density at radius 1 is 0.971 bits per heavy atom. The first kappa shape index (κ1) is 24.2. The number of amides is 1. The quantitative estimate of drug-likeness (QED) is 0.304. The predicted molar refractivity (Wildman–Crippen MR) is 136 cm³/mol. The van der Waals surface area contributed by atoms with Gasteiger partial charge in [0, 0.05) is 16.1 Å². The Kier molecular flexibility index (Phi) is 7.04. The van der Waals surface area contributed by atoms with Crippen molar-refractivity contribution < 1.29 is 27.2 Å². The zero-order valence-corrected chi connectivity index (χ0v) is 20.5. The minimum absolute atomic E-state index is 0.0333. The summed E-state index contributed by atoms with van der Waals surface area (Å²) < 4.78 is 36.3. The molecule has 2 aromatic carbocycles. The molecule has 4 rings (SSSR count). The van der Waals surface area contributed by atoms with Crippen molar-refractivity contribution in [2.24, 2.45) is 0 Å². The Bertz CT molecular complexity index is 1470. The van der Waals surface area contributed by atoms with E-state index in [2.05, 4.69) is 10.0 Å². The summed E-state index contributed by atoms with van der Waals surface area (Å²) in [4.78, 5) is 26.3. The Hall–Kier alpha value is -3.89. The topological polar surface area (TPSA) is 115 Å². The number of esters is 1. The number of thiophene rings is 1. The van der Waals surface area contributed by atoms with Crippen molar-refractivity contribution in [1.29, 1.82) is 0 Å². The van der Waals surface area contributed by atoms with Crippen LogP contribution in [0.25, 0.3) is 21.8 Å². The zero-order valence-electron chi connectivity index (χ0n) is 18.9. The highest BCUT2D eigenvalue weighted by Gasteiger charge is 2.22. The second-order valence-electron chi connectivity index (χ2n) is 7.51. The number of carbonyl (C=O) groups excluding carboxylic acids is 2. The minimum atomic E-state index is -3.43. The molecule has 0 fully saturated rings. The number of ether oxygens (including phenoxy) is 1. The van der Waals surface area contributed by atoms with Gasteiger partial charge in [-0.25, -0.2) is 13.2 Å². The van der Waals surface area contributed by atoms with Gasteiger partial charge in [0.15, 0.2) is 5.76 Å². The first-order valence-electron chi connectivity index (χ1n) is 10.6. The van der Waals surface area contributed by atoms with Crippen LogP contribution < -0.4 is 10.0 Å². The van der Waals surface area contributed by atoms with Crippen molar-refractivity contribution in [3.63, 3.8) is 0 Å². The van der Waals surface area contributed by atoms with Gasteiger partial charge in [-0.2, -0.15) is 0 Å². The maximum absolute atomic E-state index is 12.9. The number of nitrogens with one attached hydrogen (secondary N) is 2. The molecule has 0 radical (unpaired) electrons. The van der Waals surface area contributed by atoms with Crippen LogP contribution >= 0.6 is 11.3 Å². The number of hydrogen-bond donors (Lipinski definition) is 2. The molecule has 2 heterocycles. The van der Waals surface area contributed by atoms with Crippen molar-refractivity contribution >= 4 is 43.9 Å². The third-order valence-electron chi connectivity index (χ3n) is 4.79. The molecular formula is C25H22N2O6S2. The average molecular weight is 511 g/mol. The molecule has 180 valence electrons. The molecule has 0 bridgehead atoms. The SMILES string of the molecule is CCOC(=O)c1cc(-c2ccccc2)sc1NC(=O)c1ccc(-c2cccc(NS(C)(=O)=O)c2)o1. The van der Waals surface area contributed by atoms with Gasteiger partial charge in [0.1, 0.15) is 10.8 Å². The molecular weight excluding hydrogens is 488 g/mol. The van der Waals surface area contributed by atoms with Crippen LogP contribution in [0, 0.1) is 0 Å². The maximum Gasteiger partial charge on any atom is 0.341 e. The first-order valence-corrected chi connectivity index (χ1v) is 13.3. The summed E-state index contributed by atoms with van der Waals surface area (Å²) >= 11 is 1.26. The summed E-state index contributed by atoms with van der Waals surface area (Å²) in [5, 5.41) is 3.11. The molecule has 0 aliphatic rings. The van der Waals surface area contributed by atoms with E-state index in [4.69, 9.17) is 9.15 Å². The largest absolute Gasteiger partial charge is 0.462 e. The number of furan rings is 1. The van der Waals surface area contributed by atoms with E-state index in [0.717, 1.165) is 16.7 Å². The summed E-state index contributed by atoms with van der Waals surface area (Å²) in [5.41, 5.74) is 2.13. The van der Waals surface area contributed by atoms with Crippen molar-refractivity contribution in [3.05, 3.63) is 84.1 Å². The van der Waals surface area contributed by atoms with E-state index in [0.29, 0.717) is 22.0 Å². The Balaban J connectivity index is 1.59. The van der Waals surface area contributed by atoms with Crippen LogP contribution in [0.5, 0.6) is 0 Å². The second-order valence-corrected chi connectivity index (χ2v) is 10.3. The highest BCUT2D eigenvalue weighted by atomic mass is 32.2. The van der Waals surface area contributed by atoms with Crippen LogP contribution in [0.1, 0.15) is 27.8 Å². The number of hydrogen-bond acceptors (Lipinski definition) is 7. The normalized spacial score (nSPS) is 11.1. The van der Waals surface area contributed by atoms with Crippen molar-refractivity contribution in [2.45, 2.75) is 6.92 Å². The van der Waals surface area contributed by atoms with E-state index in [1.165, 1.54) is 17.4 Å². The molecule has 2 N–H and O–H groups in total. The zero-order chi connectivity index (χ0) is 25.0. The lowest BCUT2D eigenvalue weighted by Gasteiger charge is -2.06. The van der Waals surface area contributed by atoms with E-state index in [-0.39, 0.29) is 17.9 Å². The number of anilines is 2. The van der Waals surface area contributed by atoms with E-state index in [1.54, 1.807) is 43.3 Å².